The first-order chi connectivity index (χ1) is 11.1. The summed E-state index contributed by atoms with van der Waals surface area (Å²) >= 11 is 0. The van der Waals surface area contributed by atoms with Crippen LogP contribution >= 0.6 is 24.0 Å². The van der Waals surface area contributed by atoms with E-state index in [9.17, 15) is 0 Å². The number of nitrogens with zero attached hydrogens (tertiary/aromatic N) is 2. The van der Waals surface area contributed by atoms with Crippen LogP contribution in [0, 0.1) is 6.92 Å². The molecule has 0 aliphatic rings. The summed E-state index contributed by atoms with van der Waals surface area (Å²) in [5, 5.41) is 6.60. The van der Waals surface area contributed by atoms with E-state index in [0.717, 1.165) is 37.9 Å². The van der Waals surface area contributed by atoms with Crippen LogP contribution in [0.2, 0.25) is 0 Å². The lowest BCUT2D eigenvalue weighted by Crippen LogP contribution is -2.44. The van der Waals surface area contributed by atoms with Crippen LogP contribution < -0.4 is 15.4 Å². The number of benzene rings is 1. The molecular formula is C18H33IN4O. The number of halogens is 1. The highest BCUT2D eigenvalue weighted by Gasteiger charge is 2.06. The van der Waals surface area contributed by atoms with E-state index in [2.05, 4.69) is 60.4 Å². The largest absolute Gasteiger partial charge is 0.492 e. The topological polar surface area (TPSA) is 48.9 Å². The van der Waals surface area contributed by atoms with Gasteiger partial charge in [-0.1, -0.05) is 24.6 Å². The number of nitrogens with one attached hydrogen (secondary N) is 2. The van der Waals surface area contributed by atoms with Gasteiger partial charge in [-0.25, -0.2) is 0 Å². The van der Waals surface area contributed by atoms with Crippen molar-refractivity contribution in [1.82, 2.24) is 15.5 Å². The van der Waals surface area contributed by atoms with Gasteiger partial charge in [0.1, 0.15) is 12.4 Å². The Balaban J connectivity index is 0.00000529. The van der Waals surface area contributed by atoms with Gasteiger partial charge in [0.15, 0.2) is 5.96 Å². The normalized spacial score (nSPS) is 11.4. The van der Waals surface area contributed by atoms with Crippen molar-refractivity contribution in [2.75, 3.05) is 39.8 Å². The number of aryl methyl sites for hydroxylation is 1. The monoisotopic (exact) mass is 448 g/mol. The second-order valence-electron chi connectivity index (χ2n) is 5.81. The first kappa shape index (κ1) is 23.0. The molecule has 0 amide bonds. The van der Waals surface area contributed by atoms with Crippen LogP contribution in [-0.4, -0.2) is 56.7 Å². The first-order valence-electron chi connectivity index (χ1n) is 8.44. The highest BCUT2D eigenvalue weighted by atomic mass is 127. The second-order valence-corrected chi connectivity index (χ2v) is 5.81. The van der Waals surface area contributed by atoms with Gasteiger partial charge in [0.05, 0.1) is 6.54 Å². The average molecular weight is 448 g/mol. The molecule has 138 valence electrons. The van der Waals surface area contributed by atoms with Crippen molar-refractivity contribution in [3.63, 3.8) is 0 Å². The summed E-state index contributed by atoms with van der Waals surface area (Å²) in [7, 11) is 1.79. The van der Waals surface area contributed by atoms with Crippen molar-refractivity contribution in [3.8, 4) is 5.75 Å². The molecule has 5 nitrogen and oxygen atoms in total. The van der Waals surface area contributed by atoms with Crippen molar-refractivity contribution >= 4 is 29.9 Å². The number of ether oxygens (including phenoxy) is 1. The summed E-state index contributed by atoms with van der Waals surface area (Å²) in [6, 6.07) is 8.66. The summed E-state index contributed by atoms with van der Waals surface area (Å²) in [6.45, 7) is 13.0. The molecule has 1 rings (SSSR count). The lowest BCUT2D eigenvalue weighted by Gasteiger charge is -2.25. The van der Waals surface area contributed by atoms with Crippen molar-refractivity contribution < 1.29 is 4.74 Å². The standard InChI is InChI=1S/C18H32N4O.HI/c1-6-22(15(2)3)13-11-20-18(19-5)21-12-14-23-17-9-7-16(4)8-10-17;/h7-10,15H,6,11-14H2,1-5H3,(H2,19,20,21);1H. The van der Waals surface area contributed by atoms with E-state index >= 15 is 0 Å². The number of guanidine groups is 1. The molecule has 1 aromatic carbocycles. The van der Waals surface area contributed by atoms with Gasteiger partial charge >= 0.3 is 0 Å². The van der Waals surface area contributed by atoms with Gasteiger partial charge in [-0.3, -0.25) is 9.89 Å². The summed E-state index contributed by atoms with van der Waals surface area (Å²) in [5.41, 5.74) is 1.24. The van der Waals surface area contributed by atoms with Crippen LogP contribution in [-0.2, 0) is 0 Å². The van der Waals surface area contributed by atoms with Crippen LogP contribution in [0.4, 0.5) is 0 Å². The first-order valence-corrected chi connectivity index (χ1v) is 8.44. The van der Waals surface area contributed by atoms with E-state index in [4.69, 9.17) is 4.74 Å². The Morgan fingerprint density at radius 2 is 1.79 bits per heavy atom. The zero-order chi connectivity index (χ0) is 17.1. The molecule has 0 aliphatic heterocycles. The van der Waals surface area contributed by atoms with Gasteiger partial charge in [-0.15, -0.1) is 24.0 Å². The van der Waals surface area contributed by atoms with E-state index in [1.165, 1.54) is 5.56 Å². The number of rotatable bonds is 9. The minimum Gasteiger partial charge on any atom is -0.492 e. The second kappa shape index (κ2) is 13.3. The molecular weight excluding hydrogens is 415 g/mol. The maximum atomic E-state index is 5.69. The average Bonchev–Trinajstić information content (AvgIpc) is 2.54. The van der Waals surface area contributed by atoms with E-state index in [1.807, 2.05) is 12.1 Å². The smallest absolute Gasteiger partial charge is 0.191 e. The van der Waals surface area contributed by atoms with Crippen LogP contribution in [0.5, 0.6) is 5.75 Å². The maximum absolute atomic E-state index is 5.69. The molecule has 2 N–H and O–H groups in total. The number of aliphatic imine (C=N–C) groups is 1. The lowest BCUT2D eigenvalue weighted by atomic mass is 10.2. The predicted octanol–water partition coefficient (Wildman–Crippen LogP) is 2.89. The molecule has 0 atom stereocenters. The van der Waals surface area contributed by atoms with Crippen molar-refractivity contribution in [2.24, 2.45) is 4.99 Å². The van der Waals surface area contributed by atoms with Gasteiger partial charge in [0, 0.05) is 26.2 Å². The number of likely N-dealkylation sites (N-methyl/N-ethyl adjacent to an activating group) is 1. The van der Waals surface area contributed by atoms with Crippen LogP contribution in [0.1, 0.15) is 26.3 Å². The molecule has 0 radical (unpaired) electrons. The molecule has 0 saturated heterocycles. The summed E-state index contributed by atoms with van der Waals surface area (Å²) in [6.07, 6.45) is 0. The molecule has 24 heavy (non-hydrogen) atoms. The summed E-state index contributed by atoms with van der Waals surface area (Å²) in [4.78, 5) is 6.65. The number of hydrogen-bond acceptors (Lipinski definition) is 3. The Morgan fingerprint density at radius 1 is 1.17 bits per heavy atom. The SMILES string of the molecule is CCN(CCNC(=NC)NCCOc1ccc(C)cc1)C(C)C.I. The molecule has 0 spiro atoms. The lowest BCUT2D eigenvalue weighted by molar-refractivity contribution is 0.237. The summed E-state index contributed by atoms with van der Waals surface area (Å²) in [5.74, 6) is 1.72. The summed E-state index contributed by atoms with van der Waals surface area (Å²) < 4.78 is 5.69. The van der Waals surface area contributed by atoms with Gasteiger partial charge in [0.2, 0.25) is 0 Å². The van der Waals surface area contributed by atoms with Crippen LogP contribution in [0.25, 0.3) is 0 Å². The molecule has 0 unspecified atom stereocenters. The molecule has 6 heteroatoms. The molecule has 0 bridgehead atoms. The Kier molecular flexibility index (Phi) is 12.7. The van der Waals surface area contributed by atoms with E-state index in [0.29, 0.717) is 12.6 Å². The van der Waals surface area contributed by atoms with Crippen molar-refractivity contribution in [1.29, 1.82) is 0 Å². The van der Waals surface area contributed by atoms with E-state index < -0.39 is 0 Å². The van der Waals surface area contributed by atoms with Gasteiger partial charge in [-0.2, -0.15) is 0 Å². The highest BCUT2D eigenvalue weighted by molar-refractivity contribution is 14.0. The van der Waals surface area contributed by atoms with E-state index in [1.54, 1.807) is 7.05 Å². The van der Waals surface area contributed by atoms with Gasteiger partial charge < -0.3 is 15.4 Å². The molecule has 1 aromatic rings. The minimum absolute atomic E-state index is 0. The van der Waals surface area contributed by atoms with Crippen molar-refractivity contribution in [3.05, 3.63) is 29.8 Å². The molecule has 0 heterocycles. The zero-order valence-corrected chi connectivity index (χ0v) is 18.0. The van der Waals surface area contributed by atoms with Gasteiger partial charge in [0.25, 0.3) is 0 Å². The third-order valence-corrected chi connectivity index (χ3v) is 3.74. The van der Waals surface area contributed by atoms with Crippen molar-refractivity contribution in [2.45, 2.75) is 33.7 Å². The Bertz CT molecular complexity index is 463. The Labute approximate surface area is 164 Å². The Hall–Kier alpha value is -1.02. The predicted molar refractivity (Wildman–Crippen MR) is 114 cm³/mol. The molecule has 0 fully saturated rings. The quantitative estimate of drug-likeness (QED) is 0.264. The minimum atomic E-state index is 0. The third kappa shape index (κ3) is 9.32. The zero-order valence-electron chi connectivity index (χ0n) is 15.6. The fourth-order valence-electron chi connectivity index (χ4n) is 2.29. The molecule has 0 saturated carbocycles. The highest BCUT2D eigenvalue weighted by Crippen LogP contribution is 2.10. The molecule has 0 aliphatic carbocycles. The van der Waals surface area contributed by atoms with Crippen LogP contribution in [0.3, 0.4) is 0 Å². The fourth-order valence-corrected chi connectivity index (χ4v) is 2.29. The van der Waals surface area contributed by atoms with E-state index in [-0.39, 0.29) is 24.0 Å². The Morgan fingerprint density at radius 3 is 2.33 bits per heavy atom. The van der Waals surface area contributed by atoms with Gasteiger partial charge in [-0.05, 0) is 39.4 Å². The maximum Gasteiger partial charge on any atom is 0.191 e. The molecule has 0 aromatic heterocycles. The fraction of sp³-hybridized carbons (Fsp3) is 0.611. The third-order valence-electron chi connectivity index (χ3n) is 3.74. The van der Waals surface area contributed by atoms with Crippen LogP contribution in [0.15, 0.2) is 29.3 Å². The number of hydrogen-bond donors (Lipinski definition) is 2.